The van der Waals surface area contributed by atoms with Gasteiger partial charge in [0, 0.05) is 12.0 Å². The van der Waals surface area contributed by atoms with Crippen molar-refractivity contribution in [1.29, 1.82) is 0 Å². The monoisotopic (exact) mass is 268 g/mol. The summed E-state index contributed by atoms with van der Waals surface area (Å²) < 4.78 is 0. The Balaban J connectivity index is 0.000000956. The molecule has 1 aliphatic carbocycles. The van der Waals surface area contributed by atoms with E-state index in [1.807, 2.05) is 51.1 Å². The van der Waals surface area contributed by atoms with Gasteiger partial charge in [-0.05, 0) is 24.0 Å². The van der Waals surface area contributed by atoms with Crippen molar-refractivity contribution >= 4 is 11.4 Å². The number of hydrogen-bond acceptors (Lipinski definition) is 1. The molecule has 0 atom stereocenters. The van der Waals surface area contributed by atoms with E-state index in [0.717, 1.165) is 18.4 Å². The fraction of sp³-hybridized carbons (Fsp3) is 0.316. The summed E-state index contributed by atoms with van der Waals surface area (Å²) in [6, 6.07) is 7.96. The average Bonchev–Trinajstić information content (AvgIpc) is 2.79. The largest absolute Gasteiger partial charge is 0.294 e. The fourth-order valence-corrected chi connectivity index (χ4v) is 2.03. The maximum atomic E-state index is 11.8. The highest BCUT2D eigenvalue weighted by molar-refractivity contribution is 5.96. The maximum Gasteiger partial charge on any atom is 0.162 e. The molecule has 0 spiro atoms. The number of ketones is 1. The van der Waals surface area contributed by atoms with Crippen molar-refractivity contribution in [2.45, 2.75) is 40.0 Å². The zero-order valence-electron chi connectivity index (χ0n) is 12.7. The summed E-state index contributed by atoms with van der Waals surface area (Å²) in [5.74, 6) is 0.235. The Morgan fingerprint density at radius 3 is 2.40 bits per heavy atom. The molecule has 0 saturated carbocycles. The van der Waals surface area contributed by atoms with Crippen molar-refractivity contribution in [1.82, 2.24) is 0 Å². The van der Waals surface area contributed by atoms with Crippen LogP contribution in [0.25, 0.3) is 5.57 Å². The highest BCUT2D eigenvalue weighted by Crippen LogP contribution is 2.21. The van der Waals surface area contributed by atoms with Crippen LogP contribution in [0.3, 0.4) is 0 Å². The van der Waals surface area contributed by atoms with Crippen molar-refractivity contribution in [2.75, 3.05) is 0 Å². The lowest BCUT2D eigenvalue weighted by atomic mass is 9.99. The molecule has 1 aliphatic rings. The van der Waals surface area contributed by atoms with Crippen molar-refractivity contribution in [2.24, 2.45) is 0 Å². The predicted octanol–water partition coefficient (Wildman–Crippen LogP) is 5.60. The van der Waals surface area contributed by atoms with Crippen LogP contribution in [0.4, 0.5) is 0 Å². The summed E-state index contributed by atoms with van der Waals surface area (Å²) in [6.07, 6.45) is 12.9. The van der Waals surface area contributed by atoms with Gasteiger partial charge in [-0.1, -0.05) is 75.4 Å². The Morgan fingerprint density at radius 1 is 1.05 bits per heavy atom. The number of carbonyl (C=O) groups excluding carboxylic acids is 1. The smallest absolute Gasteiger partial charge is 0.162 e. The first kappa shape index (κ1) is 16.2. The quantitative estimate of drug-likeness (QED) is 0.650. The van der Waals surface area contributed by atoms with Crippen LogP contribution in [0.15, 0.2) is 54.6 Å². The summed E-state index contributed by atoms with van der Waals surface area (Å²) in [5, 5.41) is 0. The highest BCUT2D eigenvalue weighted by atomic mass is 16.1. The van der Waals surface area contributed by atoms with Gasteiger partial charge in [0.05, 0.1) is 0 Å². The molecule has 0 N–H and O–H groups in total. The van der Waals surface area contributed by atoms with Crippen molar-refractivity contribution < 1.29 is 4.79 Å². The van der Waals surface area contributed by atoms with Crippen LogP contribution in [0.1, 0.15) is 56.0 Å². The zero-order chi connectivity index (χ0) is 14.8. The van der Waals surface area contributed by atoms with Gasteiger partial charge in [-0.3, -0.25) is 4.79 Å². The molecule has 0 aliphatic heterocycles. The normalized spacial score (nSPS) is 13.1. The summed E-state index contributed by atoms with van der Waals surface area (Å²) in [5.41, 5.74) is 3.30. The third-order valence-electron chi connectivity index (χ3n) is 3.05. The lowest BCUT2D eigenvalue weighted by Crippen LogP contribution is -1.97. The summed E-state index contributed by atoms with van der Waals surface area (Å²) in [6.45, 7) is 6.03. The molecule has 0 heterocycles. The number of carbonyl (C=O) groups is 1. The molecule has 0 radical (unpaired) electrons. The van der Waals surface area contributed by atoms with E-state index >= 15 is 0 Å². The van der Waals surface area contributed by atoms with E-state index in [1.54, 1.807) is 0 Å². The second kappa shape index (κ2) is 9.08. The molecule has 0 aromatic heterocycles. The zero-order valence-corrected chi connectivity index (χ0v) is 12.7. The third kappa shape index (κ3) is 4.65. The number of allylic oxidation sites excluding steroid dienone is 6. The van der Waals surface area contributed by atoms with Crippen LogP contribution in [-0.4, -0.2) is 5.78 Å². The van der Waals surface area contributed by atoms with Gasteiger partial charge in [0.2, 0.25) is 0 Å². The standard InChI is InChI=1S/C17H18O.C2H6/c1-2-7-17(18)16-12-10-15(11-13-16)14-8-5-3-4-6-9-14;1-2/h3-6,8,10-13H,2,7,9H2,1H3;1-2H3. The van der Waals surface area contributed by atoms with Crippen LogP contribution in [0.5, 0.6) is 0 Å². The van der Waals surface area contributed by atoms with Gasteiger partial charge in [-0.25, -0.2) is 0 Å². The third-order valence-corrected chi connectivity index (χ3v) is 3.05. The van der Waals surface area contributed by atoms with Crippen LogP contribution in [0, 0.1) is 0 Å². The van der Waals surface area contributed by atoms with E-state index in [0.29, 0.717) is 6.42 Å². The molecular weight excluding hydrogens is 244 g/mol. The first-order valence-corrected chi connectivity index (χ1v) is 7.47. The second-order valence-electron chi connectivity index (χ2n) is 4.46. The Morgan fingerprint density at radius 2 is 1.75 bits per heavy atom. The van der Waals surface area contributed by atoms with Gasteiger partial charge >= 0.3 is 0 Å². The van der Waals surface area contributed by atoms with Gasteiger partial charge in [-0.2, -0.15) is 0 Å². The minimum absolute atomic E-state index is 0.235. The average molecular weight is 268 g/mol. The molecule has 1 aromatic rings. The van der Waals surface area contributed by atoms with Gasteiger partial charge in [-0.15, -0.1) is 0 Å². The van der Waals surface area contributed by atoms with E-state index in [4.69, 9.17) is 0 Å². The fourth-order valence-electron chi connectivity index (χ4n) is 2.03. The molecule has 0 bridgehead atoms. The molecule has 0 unspecified atom stereocenters. The molecule has 0 amide bonds. The number of benzene rings is 1. The van der Waals surface area contributed by atoms with Crippen LogP contribution in [-0.2, 0) is 0 Å². The maximum absolute atomic E-state index is 11.8. The molecule has 0 fully saturated rings. The van der Waals surface area contributed by atoms with E-state index in [-0.39, 0.29) is 5.78 Å². The Kier molecular flexibility index (Phi) is 7.34. The summed E-state index contributed by atoms with van der Waals surface area (Å²) in [7, 11) is 0. The minimum atomic E-state index is 0.235. The minimum Gasteiger partial charge on any atom is -0.294 e. The number of Topliss-reactive ketones (excluding diaryl/α,β-unsaturated/α-hetero) is 1. The van der Waals surface area contributed by atoms with Gasteiger partial charge < -0.3 is 0 Å². The van der Waals surface area contributed by atoms with Crippen LogP contribution in [0.2, 0.25) is 0 Å². The van der Waals surface area contributed by atoms with Crippen molar-refractivity contribution in [3.8, 4) is 0 Å². The summed E-state index contributed by atoms with van der Waals surface area (Å²) in [4.78, 5) is 11.8. The van der Waals surface area contributed by atoms with Crippen LogP contribution >= 0.6 is 0 Å². The number of hydrogen-bond donors (Lipinski definition) is 0. The molecule has 106 valence electrons. The van der Waals surface area contributed by atoms with E-state index in [1.165, 1.54) is 11.1 Å². The first-order valence-electron chi connectivity index (χ1n) is 7.47. The lowest BCUT2D eigenvalue weighted by molar-refractivity contribution is 0.0982. The Labute approximate surface area is 122 Å². The van der Waals surface area contributed by atoms with Gasteiger partial charge in [0.25, 0.3) is 0 Å². The van der Waals surface area contributed by atoms with E-state index in [9.17, 15) is 4.79 Å². The summed E-state index contributed by atoms with van der Waals surface area (Å²) >= 11 is 0. The predicted molar refractivity (Wildman–Crippen MR) is 87.9 cm³/mol. The van der Waals surface area contributed by atoms with E-state index < -0.39 is 0 Å². The molecule has 1 heteroatoms. The Hall–Kier alpha value is -1.89. The first-order chi connectivity index (χ1) is 9.81. The molecule has 1 aromatic carbocycles. The SMILES string of the molecule is CC.CCCC(=O)c1ccc(C2=CC=CC=CC2)cc1. The molecule has 1 nitrogen and oxygen atoms in total. The molecule has 20 heavy (non-hydrogen) atoms. The highest BCUT2D eigenvalue weighted by Gasteiger charge is 2.05. The topological polar surface area (TPSA) is 17.1 Å². The van der Waals surface area contributed by atoms with E-state index in [2.05, 4.69) is 24.3 Å². The Bertz CT molecular complexity index is 501. The molecule has 0 saturated heterocycles. The van der Waals surface area contributed by atoms with Crippen molar-refractivity contribution in [3.63, 3.8) is 0 Å². The second-order valence-corrected chi connectivity index (χ2v) is 4.46. The van der Waals surface area contributed by atoms with Gasteiger partial charge in [0.1, 0.15) is 0 Å². The molecular formula is C19H24O. The van der Waals surface area contributed by atoms with Gasteiger partial charge in [0.15, 0.2) is 5.78 Å². The van der Waals surface area contributed by atoms with Crippen LogP contribution < -0.4 is 0 Å². The number of rotatable bonds is 4. The van der Waals surface area contributed by atoms with Crippen molar-refractivity contribution in [3.05, 3.63) is 65.8 Å². The lowest BCUT2D eigenvalue weighted by Gasteiger charge is -2.05. The molecule has 2 rings (SSSR count).